The molecular weight excluding hydrogens is 412 g/mol. The maximum Gasteiger partial charge on any atom is 0.338 e. The Balaban J connectivity index is 1.61. The fourth-order valence-corrected chi connectivity index (χ4v) is 3.45. The molecule has 2 aromatic rings. The van der Waals surface area contributed by atoms with Crippen molar-refractivity contribution >= 4 is 39.2 Å². The van der Waals surface area contributed by atoms with Gasteiger partial charge in [0.15, 0.2) is 18.1 Å². The number of esters is 1. The van der Waals surface area contributed by atoms with E-state index in [2.05, 4.69) is 5.32 Å². The van der Waals surface area contributed by atoms with Crippen molar-refractivity contribution in [2.45, 2.75) is 4.90 Å². The molecule has 0 saturated heterocycles. The first-order valence-electron chi connectivity index (χ1n) is 7.93. The molecule has 1 heterocycles. The highest BCUT2D eigenvalue weighted by molar-refractivity contribution is 7.89. The number of fused-ring (bicyclic) bond motifs is 1. The van der Waals surface area contributed by atoms with Gasteiger partial charge in [0.1, 0.15) is 18.1 Å². The van der Waals surface area contributed by atoms with Gasteiger partial charge >= 0.3 is 5.97 Å². The molecule has 0 spiro atoms. The minimum absolute atomic E-state index is 0.111. The number of hydrogen-bond acceptors (Lipinski definition) is 7. The molecule has 3 rings (SSSR count). The highest BCUT2D eigenvalue weighted by atomic mass is 35.5. The van der Waals surface area contributed by atoms with Crippen molar-refractivity contribution in [3.63, 3.8) is 0 Å². The molecule has 1 amide bonds. The third-order valence-corrected chi connectivity index (χ3v) is 5.03. The van der Waals surface area contributed by atoms with Crippen LogP contribution in [-0.4, -0.2) is 40.1 Å². The van der Waals surface area contributed by atoms with E-state index in [1.165, 1.54) is 12.1 Å². The Labute approximate surface area is 165 Å². The van der Waals surface area contributed by atoms with Crippen LogP contribution in [0.4, 0.5) is 5.69 Å². The number of primary sulfonamides is 1. The van der Waals surface area contributed by atoms with Crippen LogP contribution in [0.25, 0.3) is 0 Å². The van der Waals surface area contributed by atoms with Crippen LogP contribution in [0, 0.1) is 0 Å². The van der Waals surface area contributed by atoms with E-state index in [1.807, 2.05) is 0 Å². The van der Waals surface area contributed by atoms with Crippen LogP contribution in [0.15, 0.2) is 41.3 Å². The molecule has 1 aliphatic rings. The summed E-state index contributed by atoms with van der Waals surface area (Å²) in [5.41, 5.74) is 0.328. The molecule has 1 aliphatic heterocycles. The summed E-state index contributed by atoms with van der Waals surface area (Å²) in [5.74, 6) is -0.425. The van der Waals surface area contributed by atoms with E-state index < -0.39 is 33.4 Å². The average Bonchev–Trinajstić information content (AvgIpc) is 2.65. The van der Waals surface area contributed by atoms with Crippen molar-refractivity contribution in [1.29, 1.82) is 0 Å². The van der Waals surface area contributed by atoms with E-state index in [9.17, 15) is 18.0 Å². The van der Waals surface area contributed by atoms with Crippen molar-refractivity contribution in [1.82, 2.24) is 0 Å². The van der Waals surface area contributed by atoms with Crippen molar-refractivity contribution in [3.05, 3.63) is 47.0 Å². The number of carbonyl (C=O) groups is 2. The Hall–Kier alpha value is -2.82. The molecule has 0 aliphatic carbocycles. The monoisotopic (exact) mass is 426 g/mol. The molecule has 0 radical (unpaired) electrons. The first-order chi connectivity index (χ1) is 13.2. The van der Waals surface area contributed by atoms with E-state index in [1.54, 1.807) is 18.2 Å². The molecule has 0 aromatic heterocycles. The average molecular weight is 427 g/mol. The van der Waals surface area contributed by atoms with Gasteiger partial charge in [-0.3, -0.25) is 4.79 Å². The number of anilines is 1. The van der Waals surface area contributed by atoms with Crippen molar-refractivity contribution in [2.24, 2.45) is 5.14 Å². The summed E-state index contributed by atoms with van der Waals surface area (Å²) in [7, 11) is -4.11. The smallest absolute Gasteiger partial charge is 0.338 e. The SMILES string of the molecule is NS(=O)(=O)c1cc(C(=O)OCC(=O)Nc2ccc3c(c2)OCCO3)ccc1Cl. The van der Waals surface area contributed by atoms with Crippen LogP contribution in [-0.2, 0) is 19.6 Å². The number of sulfonamides is 1. The second-order valence-electron chi connectivity index (χ2n) is 5.67. The topological polar surface area (TPSA) is 134 Å². The number of hydrogen-bond donors (Lipinski definition) is 2. The van der Waals surface area contributed by atoms with Crippen LogP contribution < -0.4 is 19.9 Å². The second kappa shape index (κ2) is 8.05. The Kier molecular flexibility index (Phi) is 5.73. The molecule has 148 valence electrons. The van der Waals surface area contributed by atoms with Crippen LogP contribution in [0.1, 0.15) is 10.4 Å². The minimum Gasteiger partial charge on any atom is -0.486 e. The number of ether oxygens (including phenoxy) is 3. The zero-order chi connectivity index (χ0) is 20.3. The lowest BCUT2D eigenvalue weighted by molar-refractivity contribution is -0.119. The Morgan fingerprint density at radius 1 is 1.11 bits per heavy atom. The Bertz CT molecular complexity index is 1040. The van der Waals surface area contributed by atoms with E-state index in [-0.39, 0.29) is 10.6 Å². The third-order valence-electron chi connectivity index (χ3n) is 3.63. The fraction of sp³-hybridized carbons (Fsp3) is 0.176. The number of amides is 1. The first kappa shape index (κ1) is 19.9. The summed E-state index contributed by atoms with van der Waals surface area (Å²) >= 11 is 5.76. The molecule has 0 saturated carbocycles. The quantitative estimate of drug-likeness (QED) is 0.692. The lowest BCUT2D eigenvalue weighted by Crippen LogP contribution is -2.21. The number of halogens is 1. The number of nitrogens with one attached hydrogen (secondary N) is 1. The van der Waals surface area contributed by atoms with Crippen LogP contribution in [0.2, 0.25) is 5.02 Å². The van der Waals surface area contributed by atoms with Gasteiger partial charge < -0.3 is 19.5 Å². The van der Waals surface area contributed by atoms with E-state index in [0.29, 0.717) is 30.4 Å². The Morgan fingerprint density at radius 2 is 1.82 bits per heavy atom. The summed E-state index contributed by atoms with van der Waals surface area (Å²) < 4.78 is 38.6. The summed E-state index contributed by atoms with van der Waals surface area (Å²) in [6, 6.07) is 8.30. The Morgan fingerprint density at radius 3 is 2.54 bits per heavy atom. The lowest BCUT2D eigenvalue weighted by Gasteiger charge is -2.19. The number of carbonyl (C=O) groups excluding carboxylic acids is 2. The molecular formula is C17H15ClN2O7S. The van der Waals surface area contributed by atoms with E-state index in [0.717, 1.165) is 6.07 Å². The van der Waals surface area contributed by atoms with Crippen molar-refractivity contribution < 1.29 is 32.2 Å². The highest BCUT2D eigenvalue weighted by Crippen LogP contribution is 2.32. The van der Waals surface area contributed by atoms with Gasteiger partial charge in [-0.05, 0) is 30.3 Å². The van der Waals surface area contributed by atoms with Gasteiger partial charge in [0.25, 0.3) is 5.91 Å². The number of rotatable bonds is 5. The van der Waals surface area contributed by atoms with Gasteiger partial charge in [0.2, 0.25) is 10.0 Å². The second-order valence-corrected chi connectivity index (χ2v) is 7.61. The predicted octanol–water partition coefficient (Wildman–Crippen LogP) is 1.55. The zero-order valence-corrected chi connectivity index (χ0v) is 15.9. The summed E-state index contributed by atoms with van der Waals surface area (Å²) in [6.07, 6.45) is 0. The van der Waals surface area contributed by atoms with E-state index in [4.69, 9.17) is 31.0 Å². The summed E-state index contributed by atoms with van der Waals surface area (Å²) in [4.78, 5) is 23.7. The largest absolute Gasteiger partial charge is 0.486 e. The maximum absolute atomic E-state index is 12.1. The van der Waals surface area contributed by atoms with Gasteiger partial charge in [0.05, 0.1) is 10.6 Å². The van der Waals surface area contributed by atoms with Gasteiger partial charge in [-0.25, -0.2) is 18.4 Å². The molecule has 28 heavy (non-hydrogen) atoms. The van der Waals surface area contributed by atoms with Crippen LogP contribution >= 0.6 is 11.6 Å². The van der Waals surface area contributed by atoms with Crippen LogP contribution in [0.3, 0.4) is 0 Å². The maximum atomic E-state index is 12.1. The summed E-state index contributed by atoms with van der Waals surface area (Å²) in [6.45, 7) is 0.275. The van der Waals surface area contributed by atoms with Crippen LogP contribution in [0.5, 0.6) is 11.5 Å². The fourth-order valence-electron chi connectivity index (χ4n) is 2.38. The zero-order valence-electron chi connectivity index (χ0n) is 14.3. The summed E-state index contributed by atoms with van der Waals surface area (Å²) in [5, 5.41) is 7.46. The van der Waals surface area contributed by atoms with Gasteiger partial charge in [-0.15, -0.1) is 0 Å². The molecule has 3 N–H and O–H groups in total. The third kappa shape index (κ3) is 4.71. The van der Waals surface area contributed by atoms with Crippen molar-refractivity contribution in [3.8, 4) is 11.5 Å². The molecule has 11 heteroatoms. The molecule has 9 nitrogen and oxygen atoms in total. The highest BCUT2D eigenvalue weighted by Gasteiger charge is 2.18. The van der Waals surface area contributed by atoms with Crippen molar-refractivity contribution in [2.75, 3.05) is 25.1 Å². The predicted molar refractivity (Wildman–Crippen MR) is 99.2 cm³/mol. The lowest BCUT2D eigenvalue weighted by atomic mass is 10.2. The van der Waals surface area contributed by atoms with Gasteiger partial charge in [0, 0.05) is 11.8 Å². The minimum atomic E-state index is -4.11. The molecule has 2 aromatic carbocycles. The molecule has 0 unspecified atom stereocenters. The molecule has 0 atom stereocenters. The molecule has 0 fully saturated rings. The number of nitrogens with two attached hydrogens (primary N) is 1. The standard InChI is InChI=1S/C17H15ClN2O7S/c18-12-3-1-10(7-15(12)28(19,23)24)17(22)27-9-16(21)20-11-2-4-13-14(8-11)26-6-5-25-13/h1-4,7-8H,5-6,9H2,(H,20,21)(H2,19,23,24). The normalized spacial score (nSPS) is 12.9. The molecule has 0 bridgehead atoms. The number of benzene rings is 2. The van der Waals surface area contributed by atoms with Gasteiger partial charge in [-0.1, -0.05) is 11.6 Å². The van der Waals surface area contributed by atoms with E-state index >= 15 is 0 Å². The van der Waals surface area contributed by atoms with Gasteiger partial charge in [-0.2, -0.15) is 0 Å². The first-order valence-corrected chi connectivity index (χ1v) is 9.85.